The van der Waals surface area contributed by atoms with Gasteiger partial charge in [-0.25, -0.2) is 0 Å². The first-order chi connectivity index (χ1) is 7.21. The van der Waals surface area contributed by atoms with E-state index >= 15 is 0 Å². The van der Waals surface area contributed by atoms with Gasteiger partial charge < -0.3 is 10.0 Å². The molecule has 1 unspecified atom stereocenters. The Balaban J connectivity index is 2.39. The second kappa shape index (κ2) is 4.74. The van der Waals surface area contributed by atoms with Gasteiger partial charge in [0.15, 0.2) is 0 Å². The highest BCUT2D eigenvalue weighted by atomic mass is 16.4. The number of likely N-dealkylation sites (tertiary alicyclic amines) is 1. The van der Waals surface area contributed by atoms with Gasteiger partial charge in [0.25, 0.3) is 0 Å². The monoisotopic (exact) mass is 227 g/mol. The van der Waals surface area contributed by atoms with Crippen molar-refractivity contribution in [1.82, 2.24) is 4.90 Å². The molecule has 1 fully saturated rings. The molecule has 0 saturated carbocycles. The van der Waals surface area contributed by atoms with Crippen molar-refractivity contribution in [2.45, 2.75) is 34.6 Å². The van der Waals surface area contributed by atoms with Gasteiger partial charge in [-0.2, -0.15) is 0 Å². The number of carbonyl (C=O) groups is 1. The third kappa shape index (κ3) is 3.21. The third-order valence-corrected chi connectivity index (χ3v) is 3.76. The molecule has 1 N–H and O–H groups in total. The molecule has 1 heterocycles. The summed E-state index contributed by atoms with van der Waals surface area (Å²) >= 11 is 0. The number of carboxylic acid groups (broad SMARTS) is 1. The Kier molecular flexibility index (Phi) is 4.00. The van der Waals surface area contributed by atoms with E-state index in [0.29, 0.717) is 17.9 Å². The lowest BCUT2D eigenvalue weighted by Crippen LogP contribution is -2.54. The van der Waals surface area contributed by atoms with Crippen molar-refractivity contribution in [3.05, 3.63) is 0 Å². The van der Waals surface area contributed by atoms with E-state index in [1.807, 2.05) is 13.8 Å². The Bertz CT molecular complexity index is 249. The average Bonchev–Trinajstić information content (AvgIpc) is 1.96. The largest absolute Gasteiger partial charge is 0.481 e. The lowest BCUT2D eigenvalue weighted by atomic mass is 9.75. The van der Waals surface area contributed by atoms with E-state index in [0.717, 1.165) is 13.1 Å². The van der Waals surface area contributed by atoms with Gasteiger partial charge in [-0.3, -0.25) is 4.79 Å². The van der Waals surface area contributed by atoms with Crippen molar-refractivity contribution in [3.8, 4) is 0 Å². The van der Waals surface area contributed by atoms with Crippen LogP contribution in [-0.2, 0) is 4.79 Å². The number of nitrogens with zero attached hydrogens (tertiary/aromatic N) is 1. The summed E-state index contributed by atoms with van der Waals surface area (Å²) in [6.07, 6.45) is 0. The van der Waals surface area contributed by atoms with Gasteiger partial charge in [0.05, 0.1) is 5.92 Å². The first-order valence-electron chi connectivity index (χ1n) is 6.17. The smallest absolute Gasteiger partial charge is 0.308 e. The van der Waals surface area contributed by atoms with Crippen molar-refractivity contribution in [2.24, 2.45) is 23.2 Å². The number of carboxylic acids is 1. The summed E-state index contributed by atoms with van der Waals surface area (Å²) in [5.41, 5.74) is 0.354. The molecule has 0 aromatic rings. The second-order valence-corrected chi connectivity index (χ2v) is 6.47. The summed E-state index contributed by atoms with van der Waals surface area (Å²) < 4.78 is 0. The fourth-order valence-electron chi connectivity index (χ4n) is 2.12. The maximum Gasteiger partial charge on any atom is 0.308 e. The molecule has 0 aliphatic carbocycles. The van der Waals surface area contributed by atoms with Gasteiger partial charge >= 0.3 is 5.97 Å². The average molecular weight is 227 g/mol. The molecule has 0 aromatic carbocycles. The zero-order valence-corrected chi connectivity index (χ0v) is 11.2. The van der Waals surface area contributed by atoms with Crippen LogP contribution < -0.4 is 0 Å². The molecule has 1 aliphatic rings. The van der Waals surface area contributed by atoms with E-state index in [-0.39, 0.29) is 11.8 Å². The van der Waals surface area contributed by atoms with Crippen LogP contribution in [0.2, 0.25) is 0 Å². The molecule has 16 heavy (non-hydrogen) atoms. The molecule has 1 rings (SSSR count). The van der Waals surface area contributed by atoms with Crippen molar-refractivity contribution >= 4 is 5.97 Å². The molecule has 94 valence electrons. The Morgan fingerprint density at radius 2 is 1.88 bits per heavy atom. The first kappa shape index (κ1) is 13.5. The van der Waals surface area contributed by atoms with E-state index in [1.165, 1.54) is 0 Å². The third-order valence-electron chi connectivity index (χ3n) is 3.76. The molecular weight excluding hydrogens is 202 g/mol. The number of aliphatic carboxylic acids is 1. The highest BCUT2D eigenvalue weighted by Gasteiger charge is 2.37. The van der Waals surface area contributed by atoms with E-state index in [2.05, 4.69) is 25.7 Å². The van der Waals surface area contributed by atoms with Crippen LogP contribution >= 0.6 is 0 Å². The molecule has 1 atom stereocenters. The first-order valence-corrected chi connectivity index (χ1v) is 6.17. The van der Waals surface area contributed by atoms with Crippen LogP contribution in [0, 0.1) is 23.2 Å². The van der Waals surface area contributed by atoms with E-state index in [9.17, 15) is 4.79 Å². The quantitative estimate of drug-likeness (QED) is 0.801. The normalized spacial score (nSPS) is 20.9. The van der Waals surface area contributed by atoms with Crippen molar-refractivity contribution < 1.29 is 9.90 Å². The van der Waals surface area contributed by atoms with Crippen molar-refractivity contribution in [2.75, 3.05) is 19.6 Å². The zero-order chi connectivity index (χ0) is 12.5. The number of hydrogen-bond donors (Lipinski definition) is 1. The van der Waals surface area contributed by atoms with Gasteiger partial charge in [-0.15, -0.1) is 0 Å². The lowest BCUT2D eigenvalue weighted by molar-refractivity contribution is -0.145. The van der Waals surface area contributed by atoms with Gasteiger partial charge in [-0.05, 0) is 17.3 Å². The predicted molar refractivity (Wildman–Crippen MR) is 65.3 cm³/mol. The Hall–Kier alpha value is -0.570. The topological polar surface area (TPSA) is 40.5 Å². The summed E-state index contributed by atoms with van der Waals surface area (Å²) in [5.74, 6) is 0.0513. The number of rotatable bonds is 4. The molecule has 0 amide bonds. The second-order valence-electron chi connectivity index (χ2n) is 6.47. The zero-order valence-electron chi connectivity index (χ0n) is 11.2. The maximum atomic E-state index is 11.1. The molecule has 3 nitrogen and oxygen atoms in total. The minimum Gasteiger partial charge on any atom is -0.481 e. The predicted octanol–water partition coefficient (Wildman–Crippen LogP) is 2.32. The van der Waals surface area contributed by atoms with Crippen LogP contribution in [0.15, 0.2) is 0 Å². The molecular formula is C13H25NO2. The molecule has 0 spiro atoms. The van der Waals surface area contributed by atoms with E-state index in [4.69, 9.17) is 5.11 Å². The summed E-state index contributed by atoms with van der Waals surface area (Å²) in [4.78, 5) is 13.3. The van der Waals surface area contributed by atoms with Gasteiger partial charge in [-0.1, -0.05) is 34.6 Å². The Labute approximate surface area is 98.8 Å². The van der Waals surface area contributed by atoms with Crippen molar-refractivity contribution in [1.29, 1.82) is 0 Å². The fourth-order valence-corrected chi connectivity index (χ4v) is 2.12. The maximum absolute atomic E-state index is 11.1. The van der Waals surface area contributed by atoms with Crippen LogP contribution in [0.25, 0.3) is 0 Å². The van der Waals surface area contributed by atoms with Crippen LogP contribution in [0.4, 0.5) is 0 Å². The summed E-state index contributed by atoms with van der Waals surface area (Å²) in [7, 11) is 0. The SMILES string of the molecule is CC(C)C(CN1CC(C(C)(C)C)C1)C(=O)O. The molecule has 1 aliphatic heterocycles. The van der Waals surface area contributed by atoms with E-state index in [1.54, 1.807) is 0 Å². The van der Waals surface area contributed by atoms with Gasteiger partial charge in [0.2, 0.25) is 0 Å². The fraction of sp³-hybridized carbons (Fsp3) is 0.923. The Morgan fingerprint density at radius 3 is 2.19 bits per heavy atom. The summed E-state index contributed by atoms with van der Waals surface area (Å²) in [5, 5.41) is 9.11. The summed E-state index contributed by atoms with van der Waals surface area (Å²) in [6.45, 7) is 13.6. The number of hydrogen-bond acceptors (Lipinski definition) is 2. The van der Waals surface area contributed by atoms with Crippen LogP contribution in [0.3, 0.4) is 0 Å². The Morgan fingerprint density at radius 1 is 1.38 bits per heavy atom. The highest BCUT2D eigenvalue weighted by Crippen LogP contribution is 2.34. The minimum absolute atomic E-state index is 0.214. The van der Waals surface area contributed by atoms with Gasteiger partial charge in [0.1, 0.15) is 0 Å². The molecule has 3 heteroatoms. The molecule has 0 aromatic heterocycles. The molecule has 0 bridgehead atoms. The van der Waals surface area contributed by atoms with Crippen molar-refractivity contribution in [3.63, 3.8) is 0 Å². The van der Waals surface area contributed by atoms with Crippen LogP contribution in [0.1, 0.15) is 34.6 Å². The highest BCUT2D eigenvalue weighted by molar-refractivity contribution is 5.70. The van der Waals surface area contributed by atoms with Crippen LogP contribution in [-0.4, -0.2) is 35.6 Å². The summed E-state index contributed by atoms with van der Waals surface area (Å²) in [6, 6.07) is 0. The minimum atomic E-state index is -0.658. The standard InChI is InChI=1S/C13H25NO2/c1-9(2)11(12(15)16)8-14-6-10(7-14)13(3,4)5/h9-11H,6-8H2,1-5H3,(H,15,16). The van der Waals surface area contributed by atoms with E-state index < -0.39 is 5.97 Å². The van der Waals surface area contributed by atoms with Gasteiger partial charge in [0, 0.05) is 19.6 Å². The van der Waals surface area contributed by atoms with Crippen LogP contribution in [0.5, 0.6) is 0 Å². The molecule has 1 saturated heterocycles. The lowest BCUT2D eigenvalue weighted by Gasteiger charge is -2.47. The molecule has 0 radical (unpaired) electrons.